The Morgan fingerprint density at radius 1 is 0.189 bits per heavy atom. The minimum absolute atomic E-state index is 0.198. The molecule has 0 aliphatic heterocycles. The van der Waals surface area contributed by atoms with Crippen molar-refractivity contribution in [2.45, 2.75) is 49.4 Å². The number of rotatable bonds is 9. The third kappa shape index (κ3) is 7.16. The van der Waals surface area contributed by atoms with Gasteiger partial charge in [-0.25, -0.2) is 0 Å². The van der Waals surface area contributed by atoms with E-state index in [4.69, 9.17) is 0 Å². The second-order valence-electron chi connectivity index (χ2n) is 26.3. The molecule has 0 N–H and O–H groups in total. The molecular formula is C88H64N2. The minimum atomic E-state index is -0.870. The molecule has 0 aromatic heterocycles. The van der Waals surface area contributed by atoms with Crippen LogP contribution in [0.2, 0.25) is 0 Å². The van der Waals surface area contributed by atoms with Crippen molar-refractivity contribution in [2.75, 3.05) is 9.80 Å². The summed E-state index contributed by atoms with van der Waals surface area (Å²) in [4.78, 5) is 5.07. The van der Waals surface area contributed by atoms with Gasteiger partial charge < -0.3 is 9.80 Å². The molecular weight excluding hydrogens is 1080 g/mol. The number of anilines is 6. The molecule has 0 amide bonds. The van der Waals surface area contributed by atoms with E-state index in [-0.39, 0.29) is 10.8 Å². The molecule has 2 heteroatoms. The van der Waals surface area contributed by atoms with Crippen LogP contribution in [0.5, 0.6) is 0 Å². The zero-order chi connectivity index (χ0) is 60.1. The lowest BCUT2D eigenvalue weighted by Gasteiger charge is -2.51. The van der Waals surface area contributed by atoms with Gasteiger partial charge in [-0.15, -0.1) is 0 Å². The minimum Gasteiger partial charge on any atom is -0.310 e. The molecule has 14 aromatic carbocycles. The average molecular weight is 1150 g/mol. The second kappa shape index (κ2) is 19.3. The maximum absolute atomic E-state index is 2.59. The van der Waals surface area contributed by atoms with E-state index in [1.165, 1.54) is 122 Å². The fourth-order valence-corrected chi connectivity index (χ4v) is 17.2. The van der Waals surface area contributed by atoms with Crippen LogP contribution in [0.4, 0.5) is 34.1 Å². The molecule has 2 nitrogen and oxygen atoms in total. The van der Waals surface area contributed by atoms with Gasteiger partial charge in [0.1, 0.15) is 0 Å². The normalized spacial score (nSPS) is 17.2. The molecule has 0 saturated heterocycles. The Morgan fingerprint density at radius 3 is 0.822 bits per heavy atom. The maximum Gasteiger partial charge on any atom is 0.0642 e. The Bertz CT molecular complexity index is 4950. The van der Waals surface area contributed by atoms with Gasteiger partial charge in [-0.2, -0.15) is 0 Å². The van der Waals surface area contributed by atoms with Crippen LogP contribution in [-0.4, -0.2) is 0 Å². The molecule has 4 aliphatic rings. The van der Waals surface area contributed by atoms with Gasteiger partial charge in [0.25, 0.3) is 0 Å². The zero-order valence-corrected chi connectivity index (χ0v) is 50.9. The van der Waals surface area contributed by atoms with E-state index in [2.05, 4.69) is 353 Å². The number of fused-ring (bicyclic) bond motifs is 14. The Hall–Kier alpha value is -10.8. The monoisotopic (exact) mass is 1150 g/mol. The first-order valence-corrected chi connectivity index (χ1v) is 31.8. The van der Waals surface area contributed by atoms with E-state index in [1.54, 1.807) is 0 Å². The van der Waals surface area contributed by atoms with Gasteiger partial charge in [0.15, 0.2) is 0 Å². The van der Waals surface area contributed by atoms with Crippen molar-refractivity contribution < 1.29 is 0 Å². The van der Waals surface area contributed by atoms with Gasteiger partial charge in [0.05, 0.1) is 10.8 Å². The van der Waals surface area contributed by atoms with Crippen LogP contribution < -0.4 is 9.80 Å². The molecule has 0 spiro atoms. The summed E-state index contributed by atoms with van der Waals surface area (Å²) >= 11 is 0. The molecule has 426 valence electrons. The summed E-state index contributed by atoms with van der Waals surface area (Å²) in [5.74, 6) is 0. The number of benzene rings is 14. The highest BCUT2D eigenvalue weighted by Gasteiger charge is 2.64. The van der Waals surface area contributed by atoms with Crippen molar-refractivity contribution in [2.24, 2.45) is 0 Å². The SMILES string of the molecule is CC1(C)c2ccccc2-c2ccc(N(c3ccc4c(c3)C(c3ccccc3)(C3(c5ccccc5)c5ccccc5-c5ccc(N(c6ccc7c(c6)C(C)(C)c6ccccc6-7)c6ccc7ccccc7c6)cc53)c3ccccc3-4)c3ccc4ccccc4c3)cc21. The molecule has 0 bridgehead atoms. The predicted octanol–water partition coefficient (Wildman–Crippen LogP) is 22.9. The van der Waals surface area contributed by atoms with E-state index in [9.17, 15) is 0 Å². The van der Waals surface area contributed by atoms with Crippen molar-refractivity contribution in [1.29, 1.82) is 0 Å². The molecule has 0 saturated carbocycles. The van der Waals surface area contributed by atoms with Crippen LogP contribution in [0.25, 0.3) is 66.1 Å². The summed E-state index contributed by atoms with van der Waals surface area (Å²) in [5.41, 5.74) is 27.7. The number of nitrogens with zero attached hydrogens (tertiary/aromatic N) is 2. The summed E-state index contributed by atoms with van der Waals surface area (Å²) in [6, 6.07) is 121. The topological polar surface area (TPSA) is 6.48 Å². The lowest BCUT2D eigenvalue weighted by molar-refractivity contribution is 0.437. The van der Waals surface area contributed by atoms with Crippen LogP contribution in [0, 0.1) is 0 Å². The fraction of sp³-hybridized carbons (Fsp3) is 0.0909. The van der Waals surface area contributed by atoms with Crippen LogP contribution >= 0.6 is 0 Å². The molecule has 2 unspecified atom stereocenters. The molecule has 4 aliphatic carbocycles. The van der Waals surface area contributed by atoms with E-state index < -0.39 is 10.8 Å². The van der Waals surface area contributed by atoms with Gasteiger partial charge in [-0.05, 0) is 194 Å². The fourth-order valence-electron chi connectivity index (χ4n) is 17.2. The highest BCUT2D eigenvalue weighted by molar-refractivity contribution is 5.98. The van der Waals surface area contributed by atoms with E-state index in [0.717, 1.165) is 34.1 Å². The first-order valence-electron chi connectivity index (χ1n) is 31.8. The second-order valence-corrected chi connectivity index (χ2v) is 26.3. The smallest absolute Gasteiger partial charge is 0.0642 e. The summed E-state index contributed by atoms with van der Waals surface area (Å²) in [5, 5.41) is 4.83. The van der Waals surface area contributed by atoms with Gasteiger partial charge in [0.2, 0.25) is 0 Å². The summed E-state index contributed by atoms with van der Waals surface area (Å²) in [6.45, 7) is 9.56. The third-order valence-electron chi connectivity index (χ3n) is 21.2. The largest absolute Gasteiger partial charge is 0.310 e. The Morgan fingerprint density at radius 2 is 0.444 bits per heavy atom. The van der Waals surface area contributed by atoms with Gasteiger partial charge in [-0.1, -0.05) is 270 Å². The van der Waals surface area contributed by atoms with Crippen molar-refractivity contribution in [3.63, 3.8) is 0 Å². The summed E-state index contributed by atoms with van der Waals surface area (Å²) in [6.07, 6.45) is 0. The van der Waals surface area contributed by atoms with Crippen molar-refractivity contribution in [1.82, 2.24) is 0 Å². The van der Waals surface area contributed by atoms with E-state index in [0.29, 0.717) is 0 Å². The van der Waals surface area contributed by atoms with Crippen molar-refractivity contribution in [3.05, 3.63) is 371 Å². The van der Waals surface area contributed by atoms with Gasteiger partial charge >= 0.3 is 0 Å². The first kappa shape index (κ1) is 52.3. The molecule has 0 radical (unpaired) electrons. The quantitative estimate of drug-likeness (QED) is 0.142. The van der Waals surface area contributed by atoms with Crippen molar-refractivity contribution >= 4 is 55.7 Å². The summed E-state index contributed by atoms with van der Waals surface area (Å²) < 4.78 is 0. The molecule has 2 atom stereocenters. The maximum atomic E-state index is 2.59. The highest BCUT2D eigenvalue weighted by Crippen LogP contribution is 2.70. The van der Waals surface area contributed by atoms with Crippen LogP contribution in [0.3, 0.4) is 0 Å². The standard InChI is InChI=1S/C88H64N2/c1-85(2)77-35-19-15-31-69(77)73-47-43-65(53-81(73)85)89(63-41-39-57-23-11-13-25-59(57)51-63)67-45-49-75-71-33-17-21-37-79(71)87(83(75)55-67,61-27-7-5-8-28-61)88(62-29-9-6-10-30-62)80-38-22-18-34-72(80)76-50-46-68(56-84(76)88)90(64-42-40-58-24-12-14-26-60(58)52-64)66-44-48-74-70-32-16-20-36-78(70)86(3,4)82(74)54-66/h5-56H,1-4H3. The molecule has 0 fully saturated rings. The Kier molecular flexibility index (Phi) is 11.3. The molecule has 90 heavy (non-hydrogen) atoms. The Labute approximate surface area is 527 Å². The van der Waals surface area contributed by atoms with E-state index >= 15 is 0 Å². The van der Waals surface area contributed by atoms with Crippen LogP contribution in [-0.2, 0) is 21.7 Å². The Balaban J connectivity index is 0.933. The molecule has 0 heterocycles. The molecule has 14 aromatic rings. The van der Waals surface area contributed by atoms with Crippen LogP contribution in [0.15, 0.2) is 315 Å². The predicted molar refractivity (Wildman–Crippen MR) is 376 cm³/mol. The zero-order valence-electron chi connectivity index (χ0n) is 50.9. The van der Waals surface area contributed by atoms with E-state index in [1.807, 2.05) is 0 Å². The third-order valence-corrected chi connectivity index (χ3v) is 21.2. The number of hydrogen-bond donors (Lipinski definition) is 0. The lowest BCUT2D eigenvalue weighted by atomic mass is 9.49. The van der Waals surface area contributed by atoms with Gasteiger partial charge in [-0.3, -0.25) is 0 Å². The molecule has 18 rings (SSSR count). The first-order chi connectivity index (χ1) is 44.1. The van der Waals surface area contributed by atoms with Crippen LogP contribution in [0.1, 0.15) is 83.3 Å². The average Bonchev–Trinajstić information content (AvgIpc) is 1.46. The highest BCUT2D eigenvalue weighted by atomic mass is 15.1. The summed E-state index contributed by atoms with van der Waals surface area (Å²) in [7, 11) is 0. The van der Waals surface area contributed by atoms with Gasteiger partial charge in [0, 0.05) is 45.0 Å². The van der Waals surface area contributed by atoms with Crippen molar-refractivity contribution in [3.8, 4) is 44.5 Å². The lowest BCUT2D eigenvalue weighted by Crippen LogP contribution is -2.50. The number of hydrogen-bond acceptors (Lipinski definition) is 2.